The number of hydrogen-bond donors (Lipinski definition) is 1. The van der Waals surface area contributed by atoms with Crippen LogP contribution in [0, 0.1) is 0 Å². The van der Waals surface area contributed by atoms with Crippen LogP contribution < -0.4 is 11.1 Å². The smallest absolute Gasteiger partial charge is 0.408 e. The molecule has 0 spiro atoms. The fourth-order valence-corrected chi connectivity index (χ4v) is 3.28. The molecule has 1 atom stereocenters. The lowest BCUT2D eigenvalue weighted by Gasteiger charge is -2.17. The fourth-order valence-electron chi connectivity index (χ4n) is 2.46. The van der Waals surface area contributed by atoms with E-state index < -0.39 is 0 Å². The minimum Gasteiger partial charge on any atom is -0.408 e. The van der Waals surface area contributed by atoms with Gasteiger partial charge >= 0.3 is 5.76 Å². The Hall–Kier alpha value is -1.85. The number of nitrogens with one attached hydrogen (secondary N) is 1. The quantitative estimate of drug-likeness (QED) is 0.787. The molecule has 0 saturated heterocycles. The van der Waals surface area contributed by atoms with Crippen molar-refractivity contribution in [2.45, 2.75) is 19.4 Å². The molecular weight excluding hydrogens is 284 g/mol. The number of oxazole rings is 1. The number of aromatic nitrogens is 1. The van der Waals surface area contributed by atoms with Crippen LogP contribution in [0.5, 0.6) is 0 Å². The Kier molecular flexibility index (Phi) is 3.94. The Morgan fingerprint density at radius 3 is 2.95 bits per heavy atom. The van der Waals surface area contributed by atoms with Crippen LogP contribution in [0.3, 0.4) is 0 Å². The summed E-state index contributed by atoms with van der Waals surface area (Å²) in [7, 11) is 1.72. The maximum Gasteiger partial charge on any atom is 0.419 e. The van der Waals surface area contributed by atoms with E-state index in [0.29, 0.717) is 5.58 Å². The Balaban J connectivity index is 2.04. The summed E-state index contributed by atoms with van der Waals surface area (Å²) in [5.41, 5.74) is 2.58. The van der Waals surface area contributed by atoms with E-state index in [1.54, 1.807) is 18.4 Å². The Bertz CT molecular complexity index is 786. The molecule has 0 fully saturated rings. The minimum absolute atomic E-state index is 0.139. The monoisotopic (exact) mass is 302 g/mol. The van der Waals surface area contributed by atoms with Crippen molar-refractivity contribution in [3.8, 4) is 0 Å². The van der Waals surface area contributed by atoms with Crippen molar-refractivity contribution in [1.29, 1.82) is 0 Å². The summed E-state index contributed by atoms with van der Waals surface area (Å²) < 4.78 is 6.82. The van der Waals surface area contributed by atoms with Crippen LogP contribution in [0.25, 0.3) is 11.1 Å². The molecule has 0 saturated carbocycles. The first-order chi connectivity index (χ1) is 10.2. The topological polar surface area (TPSA) is 47.2 Å². The number of rotatable bonds is 5. The largest absolute Gasteiger partial charge is 0.419 e. The summed E-state index contributed by atoms with van der Waals surface area (Å²) in [6.45, 7) is 3.09. The lowest BCUT2D eigenvalue weighted by Crippen LogP contribution is -2.22. The second kappa shape index (κ2) is 5.87. The van der Waals surface area contributed by atoms with E-state index in [-0.39, 0.29) is 11.8 Å². The van der Waals surface area contributed by atoms with Gasteiger partial charge in [-0.3, -0.25) is 4.57 Å². The predicted octanol–water partition coefficient (Wildman–Crippen LogP) is 3.28. The van der Waals surface area contributed by atoms with Gasteiger partial charge in [0.15, 0.2) is 5.58 Å². The molecular formula is C16H18N2O2S. The average Bonchev–Trinajstić information content (AvgIpc) is 3.09. The maximum absolute atomic E-state index is 11.6. The Morgan fingerprint density at radius 2 is 2.24 bits per heavy atom. The van der Waals surface area contributed by atoms with E-state index >= 15 is 0 Å². The number of benzene rings is 1. The molecule has 0 aliphatic heterocycles. The molecule has 2 heterocycles. The summed E-state index contributed by atoms with van der Waals surface area (Å²) >= 11 is 1.73. The van der Waals surface area contributed by atoms with Crippen LogP contribution in [0.2, 0.25) is 0 Å². The molecule has 0 aliphatic carbocycles. The Labute approximate surface area is 127 Å². The second-order valence-corrected chi connectivity index (χ2v) is 6.04. The van der Waals surface area contributed by atoms with Gasteiger partial charge in [0.1, 0.15) is 0 Å². The number of hydrogen-bond acceptors (Lipinski definition) is 4. The van der Waals surface area contributed by atoms with Crippen LogP contribution in [-0.2, 0) is 7.05 Å². The molecule has 0 radical (unpaired) electrons. The zero-order chi connectivity index (χ0) is 14.8. The highest BCUT2D eigenvalue weighted by Gasteiger charge is 2.16. The number of fused-ring (bicyclic) bond motifs is 1. The SMILES string of the molecule is CCCNC(c1ccc2c(c1)oc(=O)n2C)c1cccs1. The Morgan fingerprint density at radius 1 is 1.38 bits per heavy atom. The van der Waals surface area contributed by atoms with Crippen molar-refractivity contribution in [2.24, 2.45) is 7.05 Å². The molecule has 1 unspecified atom stereocenters. The molecule has 1 aromatic carbocycles. The van der Waals surface area contributed by atoms with Gasteiger partial charge in [-0.05, 0) is 42.1 Å². The van der Waals surface area contributed by atoms with E-state index in [0.717, 1.165) is 24.0 Å². The summed E-state index contributed by atoms with van der Waals surface area (Å²) in [5.74, 6) is -0.323. The molecule has 2 aromatic heterocycles. The van der Waals surface area contributed by atoms with Gasteiger partial charge in [0.05, 0.1) is 11.6 Å². The fraction of sp³-hybridized carbons (Fsp3) is 0.312. The normalized spacial score (nSPS) is 12.9. The van der Waals surface area contributed by atoms with Crippen LogP contribution >= 0.6 is 11.3 Å². The molecule has 5 heteroatoms. The van der Waals surface area contributed by atoms with Gasteiger partial charge in [-0.25, -0.2) is 4.79 Å². The molecule has 21 heavy (non-hydrogen) atoms. The minimum atomic E-state index is -0.323. The first-order valence-corrected chi connectivity index (χ1v) is 7.95. The van der Waals surface area contributed by atoms with E-state index in [4.69, 9.17) is 4.42 Å². The number of thiophene rings is 1. The first-order valence-electron chi connectivity index (χ1n) is 7.07. The molecule has 0 amide bonds. The van der Waals surface area contributed by atoms with Gasteiger partial charge in [0.25, 0.3) is 0 Å². The molecule has 3 rings (SSSR count). The zero-order valence-corrected chi connectivity index (χ0v) is 12.9. The van der Waals surface area contributed by atoms with Crippen molar-refractivity contribution in [2.75, 3.05) is 6.54 Å². The summed E-state index contributed by atoms with van der Waals surface area (Å²) in [6.07, 6.45) is 1.07. The van der Waals surface area contributed by atoms with E-state index in [2.05, 4.69) is 35.8 Å². The van der Waals surface area contributed by atoms with Crippen LogP contribution in [0.15, 0.2) is 44.9 Å². The van der Waals surface area contributed by atoms with Crippen molar-refractivity contribution in [1.82, 2.24) is 9.88 Å². The molecule has 0 bridgehead atoms. The predicted molar refractivity (Wildman–Crippen MR) is 85.9 cm³/mol. The van der Waals surface area contributed by atoms with Gasteiger partial charge in [-0.15, -0.1) is 11.3 Å². The van der Waals surface area contributed by atoms with Crippen molar-refractivity contribution < 1.29 is 4.42 Å². The van der Waals surface area contributed by atoms with Crippen LogP contribution in [-0.4, -0.2) is 11.1 Å². The van der Waals surface area contributed by atoms with Crippen LogP contribution in [0.4, 0.5) is 0 Å². The van der Waals surface area contributed by atoms with E-state index in [9.17, 15) is 4.79 Å². The standard InChI is InChI=1S/C16H18N2O2S/c1-3-8-17-15(14-5-4-9-21-14)11-6-7-12-13(10-11)20-16(19)18(12)2/h4-7,9-10,15,17H,3,8H2,1-2H3. The van der Waals surface area contributed by atoms with Gasteiger partial charge < -0.3 is 9.73 Å². The third kappa shape index (κ3) is 2.66. The van der Waals surface area contributed by atoms with Crippen molar-refractivity contribution >= 4 is 22.4 Å². The molecule has 1 N–H and O–H groups in total. The first kappa shape index (κ1) is 14.1. The lowest BCUT2D eigenvalue weighted by atomic mass is 10.0. The van der Waals surface area contributed by atoms with Gasteiger partial charge in [-0.2, -0.15) is 0 Å². The summed E-state index contributed by atoms with van der Waals surface area (Å²) in [6, 6.07) is 10.3. The number of aryl methyl sites for hydroxylation is 1. The van der Waals surface area contributed by atoms with Gasteiger partial charge in [0, 0.05) is 11.9 Å². The van der Waals surface area contributed by atoms with Gasteiger partial charge in [0.2, 0.25) is 0 Å². The lowest BCUT2D eigenvalue weighted by molar-refractivity contribution is 0.527. The van der Waals surface area contributed by atoms with Gasteiger partial charge in [-0.1, -0.05) is 19.1 Å². The third-order valence-electron chi connectivity index (χ3n) is 3.58. The highest BCUT2D eigenvalue weighted by Crippen LogP contribution is 2.28. The molecule has 0 aliphatic rings. The van der Waals surface area contributed by atoms with Crippen molar-refractivity contribution in [3.05, 3.63) is 56.7 Å². The summed E-state index contributed by atoms with van der Waals surface area (Å²) in [4.78, 5) is 12.9. The zero-order valence-electron chi connectivity index (χ0n) is 12.1. The highest BCUT2D eigenvalue weighted by molar-refractivity contribution is 7.10. The molecule has 4 nitrogen and oxygen atoms in total. The van der Waals surface area contributed by atoms with E-state index in [1.165, 1.54) is 9.44 Å². The average molecular weight is 302 g/mol. The molecule has 110 valence electrons. The maximum atomic E-state index is 11.6. The molecule has 3 aromatic rings. The number of nitrogens with zero attached hydrogens (tertiary/aromatic N) is 1. The van der Waals surface area contributed by atoms with Crippen LogP contribution in [0.1, 0.15) is 29.8 Å². The van der Waals surface area contributed by atoms with Crippen molar-refractivity contribution in [3.63, 3.8) is 0 Å². The highest BCUT2D eigenvalue weighted by atomic mass is 32.1. The van der Waals surface area contributed by atoms with E-state index in [1.807, 2.05) is 12.1 Å². The summed E-state index contributed by atoms with van der Waals surface area (Å²) in [5, 5.41) is 5.64. The second-order valence-electron chi connectivity index (χ2n) is 5.06. The third-order valence-corrected chi connectivity index (χ3v) is 4.51.